The third-order valence-corrected chi connectivity index (χ3v) is 4.72. The highest BCUT2D eigenvalue weighted by molar-refractivity contribution is 7.98. The maximum atomic E-state index is 12.3. The summed E-state index contributed by atoms with van der Waals surface area (Å²) in [7, 11) is 0. The molecule has 0 aliphatic carbocycles. The van der Waals surface area contributed by atoms with Crippen LogP contribution in [0.15, 0.2) is 40.8 Å². The number of nitrogens with one attached hydrogen (secondary N) is 1. The number of benzene rings is 1. The van der Waals surface area contributed by atoms with E-state index < -0.39 is 0 Å². The quantitative estimate of drug-likeness (QED) is 0.607. The zero-order valence-electron chi connectivity index (χ0n) is 14.7. The van der Waals surface area contributed by atoms with E-state index in [0.717, 1.165) is 12.0 Å². The van der Waals surface area contributed by atoms with Gasteiger partial charge in [0.2, 0.25) is 5.91 Å². The van der Waals surface area contributed by atoms with Crippen LogP contribution >= 0.6 is 11.8 Å². The van der Waals surface area contributed by atoms with Crippen LogP contribution < -0.4 is 5.32 Å². The first kappa shape index (κ1) is 19.0. The van der Waals surface area contributed by atoms with Crippen molar-refractivity contribution in [1.82, 2.24) is 5.32 Å². The van der Waals surface area contributed by atoms with Crippen LogP contribution in [-0.2, 0) is 20.7 Å². The zero-order chi connectivity index (χ0) is 17.4. The Kier molecular flexibility index (Phi) is 7.82. The molecule has 1 saturated heterocycles. The van der Waals surface area contributed by atoms with Crippen molar-refractivity contribution in [3.8, 4) is 0 Å². The highest BCUT2D eigenvalue weighted by Gasteiger charge is 2.27. The zero-order valence-corrected chi connectivity index (χ0v) is 15.5. The Morgan fingerprint density at radius 2 is 2.12 bits per heavy atom. The molecule has 132 valence electrons. The van der Waals surface area contributed by atoms with Crippen LogP contribution in [0.1, 0.15) is 25.8 Å². The Bertz CT molecular complexity index is 552. The molecule has 24 heavy (non-hydrogen) atoms. The summed E-state index contributed by atoms with van der Waals surface area (Å²) >= 11 is 1.70. The number of allylic oxidation sites excluding steroid dienone is 1. The minimum Gasteiger partial charge on any atom is -0.379 e. The van der Waals surface area contributed by atoms with Crippen LogP contribution in [0.2, 0.25) is 0 Å². The highest BCUT2D eigenvalue weighted by Crippen LogP contribution is 2.16. The van der Waals surface area contributed by atoms with E-state index in [1.54, 1.807) is 11.8 Å². The first-order valence-electron chi connectivity index (χ1n) is 8.33. The summed E-state index contributed by atoms with van der Waals surface area (Å²) in [5.41, 5.74) is 2.25. The van der Waals surface area contributed by atoms with Crippen LogP contribution in [0.4, 0.5) is 0 Å². The molecule has 1 amide bonds. The molecule has 0 radical (unpaired) electrons. The minimum absolute atomic E-state index is 0.0160. The maximum absolute atomic E-state index is 12.3. The fourth-order valence-electron chi connectivity index (χ4n) is 2.57. The van der Waals surface area contributed by atoms with E-state index in [4.69, 9.17) is 9.47 Å². The summed E-state index contributed by atoms with van der Waals surface area (Å²) in [6, 6.07) is 8.14. The van der Waals surface area contributed by atoms with E-state index in [9.17, 15) is 4.79 Å². The van der Waals surface area contributed by atoms with E-state index in [2.05, 4.69) is 5.32 Å². The SMILES string of the molecule is CSc1ccc(CC(=O)N[C@@H]2CCOC[C@H]2OCC=C(C)C)cc1. The van der Waals surface area contributed by atoms with Crippen molar-refractivity contribution in [2.75, 3.05) is 26.1 Å². The monoisotopic (exact) mass is 349 g/mol. The predicted octanol–water partition coefficient (Wildman–Crippen LogP) is 3.21. The van der Waals surface area contributed by atoms with Gasteiger partial charge in [-0.15, -0.1) is 11.8 Å². The fourth-order valence-corrected chi connectivity index (χ4v) is 2.97. The summed E-state index contributed by atoms with van der Waals surface area (Å²) in [5, 5.41) is 3.11. The molecule has 2 rings (SSSR count). The molecule has 1 aliphatic rings. The lowest BCUT2D eigenvalue weighted by Crippen LogP contribution is -2.50. The molecule has 1 heterocycles. The second-order valence-electron chi connectivity index (χ2n) is 6.22. The molecule has 0 aromatic heterocycles. The number of ether oxygens (including phenoxy) is 2. The topological polar surface area (TPSA) is 47.6 Å². The summed E-state index contributed by atoms with van der Waals surface area (Å²) in [6.07, 6.45) is 5.18. The molecule has 0 spiro atoms. The lowest BCUT2D eigenvalue weighted by Gasteiger charge is -2.32. The second kappa shape index (κ2) is 9.87. The first-order valence-corrected chi connectivity index (χ1v) is 9.56. The van der Waals surface area contributed by atoms with Crippen molar-refractivity contribution in [2.45, 2.75) is 43.7 Å². The van der Waals surface area contributed by atoms with Gasteiger partial charge in [-0.25, -0.2) is 0 Å². The second-order valence-corrected chi connectivity index (χ2v) is 7.10. The van der Waals surface area contributed by atoms with Crippen LogP contribution in [-0.4, -0.2) is 44.1 Å². The van der Waals surface area contributed by atoms with Crippen LogP contribution in [0.3, 0.4) is 0 Å². The molecule has 1 fully saturated rings. The smallest absolute Gasteiger partial charge is 0.224 e. The highest BCUT2D eigenvalue weighted by atomic mass is 32.2. The predicted molar refractivity (Wildman–Crippen MR) is 98.5 cm³/mol. The molecule has 0 unspecified atom stereocenters. The van der Waals surface area contributed by atoms with Gasteiger partial charge >= 0.3 is 0 Å². The molecular formula is C19H27NO3S. The standard InChI is InChI=1S/C19H27NO3S/c1-14(2)8-11-23-18-13-22-10-9-17(18)20-19(21)12-15-4-6-16(24-3)7-5-15/h4-8,17-18H,9-13H2,1-3H3,(H,20,21)/t17-,18-/m1/s1. The number of hydrogen-bond acceptors (Lipinski definition) is 4. The molecule has 0 bridgehead atoms. The van der Waals surface area contributed by atoms with Gasteiger partial charge in [-0.1, -0.05) is 23.8 Å². The molecule has 2 atom stereocenters. The molecule has 5 heteroatoms. The number of thioether (sulfide) groups is 1. The summed E-state index contributed by atoms with van der Waals surface area (Å²) < 4.78 is 11.4. The van der Waals surface area contributed by atoms with E-state index in [-0.39, 0.29) is 18.1 Å². The van der Waals surface area contributed by atoms with Gasteiger partial charge in [-0.05, 0) is 44.2 Å². The average Bonchev–Trinajstić information content (AvgIpc) is 2.57. The van der Waals surface area contributed by atoms with E-state index in [1.807, 2.05) is 50.4 Å². The number of hydrogen-bond donors (Lipinski definition) is 1. The van der Waals surface area contributed by atoms with Gasteiger partial charge in [-0.2, -0.15) is 0 Å². The van der Waals surface area contributed by atoms with Gasteiger partial charge in [0, 0.05) is 11.5 Å². The third-order valence-electron chi connectivity index (χ3n) is 3.98. The fraction of sp³-hybridized carbons (Fsp3) is 0.526. The third kappa shape index (κ3) is 6.30. The Morgan fingerprint density at radius 3 is 2.79 bits per heavy atom. The van der Waals surface area contributed by atoms with Crippen molar-refractivity contribution >= 4 is 17.7 Å². The normalized spacial score (nSPS) is 20.5. The van der Waals surface area contributed by atoms with Crippen LogP contribution in [0, 0.1) is 0 Å². The molecule has 1 aliphatic heterocycles. The lowest BCUT2D eigenvalue weighted by molar-refractivity contribution is -0.125. The van der Waals surface area contributed by atoms with Gasteiger partial charge in [0.15, 0.2) is 0 Å². The Labute approximate surface area is 149 Å². The largest absolute Gasteiger partial charge is 0.379 e. The van der Waals surface area contributed by atoms with Gasteiger partial charge < -0.3 is 14.8 Å². The summed E-state index contributed by atoms with van der Waals surface area (Å²) in [6.45, 7) is 5.84. The number of carbonyl (C=O) groups excluding carboxylic acids is 1. The number of carbonyl (C=O) groups is 1. The Balaban J connectivity index is 1.86. The van der Waals surface area contributed by atoms with Crippen molar-refractivity contribution in [1.29, 1.82) is 0 Å². The Hall–Kier alpha value is -1.30. The molecule has 4 nitrogen and oxygen atoms in total. The van der Waals surface area contributed by atoms with E-state index in [1.165, 1.54) is 10.5 Å². The van der Waals surface area contributed by atoms with Crippen molar-refractivity contribution in [3.05, 3.63) is 41.5 Å². The van der Waals surface area contributed by atoms with Gasteiger partial charge in [0.05, 0.1) is 25.7 Å². The molecule has 1 aromatic carbocycles. The molecule has 0 saturated carbocycles. The van der Waals surface area contributed by atoms with Crippen molar-refractivity contribution in [3.63, 3.8) is 0 Å². The molecular weight excluding hydrogens is 322 g/mol. The number of amides is 1. The lowest BCUT2D eigenvalue weighted by atomic mass is 10.0. The van der Waals surface area contributed by atoms with E-state index in [0.29, 0.717) is 26.2 Å². The molecule has 1 N–H and O–H groups in total. The summed E-state index contributed by atoms with van der Waals surface area (Å²) in [4.78, 5) is 13.5. The number of rotatable bonds is 7. The van der Waals surface area contributed by atoms with Crippen molar-refractivity contribution < 1.29 is 14.3 Å². The van der Waals surface area contributed by atoms with Gasteiger partial charge in [0.1, 0.15) is 6.10 Å². The van der Waals surface area contributed by atoms with Gasteiger partial charge in [0.25, 0.3) is 0 Å². The van der Waals surface area contributed by atoms with E-state index >= 15 is 0 Å². The van der Waals surface area contributed by atoms with Crippen molar-refractivity contribution in [2.24, 2.45) is 0 Å². The molecule has 1 aromatic rings. The minimum atomic E-state index is -0.0860. The Morgan fingerprint density at radius 1 is 1.38 bits per heavy atom. The van der Waals surface area contributed by atoms with Crippen LogP contribution in [0.25, 0.3) is 0 Å². The maximum Gasteiger partial charge on any atom is 0.224 e. The average molecular weight is 349 g/mol. The summed E-state index contributed by atoms with van der Waals surface area (Å²) in [5.74, 6) is 0.0367. The van der Waals surface area contributed by atoms with Crippen LogP contribution in [0.5, 0.6) is 0 Å². The first-order chi connectivity index (χ1) is 11.6. The van der Waals surface area contributed by atoms with Gasteiger partial charge in [-0.3, -0.25) is 4.79 Å².